The average molecular weight is 506 g/mol. The number of rotatable bonds is 16. The molecule has 0 bridgehead atoms. The second-order valence-corrected chi connectivity index (χ2v) is 10.2. The Labute approximate surface area is 207 Å². The van der Waals surface area contributed by atoms with Crippen LogP contribution in [0, 0.1) is 0 Å². The summed E-state index contributed by atoms with van der Waals surface area (Å²) in [5, 5.41) is 13.4. The van der Waals surface area contributed by atoms with Crippen LogP contribution in [0.2, 0.25) is 6.04 Å². The van der Waals surface area contributed by atoms with Gasteiger partial charge in [-0.1, -0.05) is 18.2 Å². The maximum absolute atomic E-state index is 11.9. The Morgan fingerprint density at radius 3 is 2.26 bits per heavy atom. The number of amides is 1. The number of fused-ring (bicyclic) bond motifs is 1. The van der Waals surface area contributed by atoms with E-state index >= 15 is 0 Å². The first-order valence-electron chi connectivity index (χ1n) is 11.8. The molecule has 0 radical (unpaired) electrons. The summed E-state index contributed by atoms with van der Waals surface area (Å²) in [5.41, 5.74) is 0.801. The molecule has 0 aromatic heterocycles. The SMILES string of the molecule is CCO[Si](CCCNC(=O)OCCOc1ccc2cc(C=CC(=O)O)ccc2c1)(OCC)OCC. The summed E-state index contributed by atoms with van der Waals surface area (Å²) in [6, 6.07) is 11.8. The summed E-state index contributed by atoms with van der Waals surface area (Å²) in [4.78, 5) is 22.6. The molecule has 2 aromatic carbocycles. The minimum atomic E-state index is -2.71. The van der Waals surface area contributed by atoms with Gasteiger partial charge in [0.2, 0.25) is 0 Å². The lowest BCUT2D eigenvalue weighted by Crippen LogP contribution is -2.46. The molecule has 192 valence electrons. The number of aliphatic carboxylic acids is 1. The van der Waals surface area contributed by atoms with Crippen LogP contribution in [0.4, 0.5) is 4.79 Å². The number of hydrogen-bond donors (Lipinski definition) is 2. The maximum Gasteiger partial charge on any atom is 0.500 e. The molecule has 0 fully saturated rings. The first-order chi connectivity index (χ1) is 16.9. The van der Waals surface area contributed by atoms with Crippen LogP contribution in [0.15, 0.2) is 42.5 Å². The normalized spacial score (nSPS) is 11.6. The Bertz CT molecular complexity index is 964. The van der Waals surface area contributed by atoms with Crippen molar-refractivity contribution in [1.29, 1.82) is 0 Å². The molecule has 2 rings (SSSR count). The van der Waals surface area contributed by atoms with E-state index in [4.69, 9.17) is 27.9 Å². The predicted octanol–water partition coefficient (Wildman–Crippen LogP) is 4.48. The third kappa shape index (κ3) is 10.1. The molecule has 0 aliphatic rings. The fourth-order valence-corrected chi connectivity index (χ4v) is 6.06. The van der Waals surface area contributed by atoms with Gasteiger partial charge in [0.15, 0.2) is 0 Å². The van der Waals surface area contributed by atoms with Crippen molar-refractivity contribution in [2.45, 2.75) is 33.2 Å². The van der Waals surface area contributed by atoms with Gasteiger partial charge in [-0.25, -0.2) is 9.59 Å². The molecule has 0 aliphatic carbocycles. The fraction of sp³-hybridized carbons (Fsp3) is 0.440. The van der Waals surface area contributed by atoms with E-state index in [0.29, 0.717) is 44.6 Å². The Balaban J connectivity index is 1.71. The van der Waals surface area contributed by atoms with E-state index in [2.05, 4.69) is 5.32 Å². The number of benzene rings is 2. The summed E-state index contributed by atoms with van der Waals surface area (Å²) in [5.74, 6) is -0.336. The number of nitrogens with one attached hydrogen (secondary N) is 1. The molecule has 0 aliphatic heterocycles. The average Bonchev–Trinajstić information content (AvgIpc) is 2.83. The third-order valence-electron chi connectivity index (χ3n) is 4.86. The van der Waals surface area contributed by atoms with E-state index in [1.54, 1.807) is 6.08 Å². The van der Waals surface area contributed by atoms with Crippen LogP contribution >= 0.6 is 0 Å². The van der Waals surface area contributed by atoms with Gasteiger partial charge in [-0.05, 0) is 67.8 Å². The van der Waals surface area contributed by atoms with Crippen LogP contribution in [0.5, 0.6) is 5.75 Å². The smallest absolute Gasteiger partial charge is 0.490 e. The van der Waals surface area contributed by atoms with Gasteiger partial charge >= 0.3 is 20.9 Å². The first-order valence-corrected chi connectivity index (χ1v) is 13.7. The molecular formula is C25H35NO8Si. The third-order valence-corrected chi connectivity index (χ3v) is 8.01. The molecule has 9 nitrogen and oxygen atoms in total. The standard InChI is InChI=1S/C25H35NO8Si/c1-4-32-35(33-5-2,34-6-3)17-7-14-26-25(29)31-16-15-30-23-12-11-21-18-20(9-13-24(27)28)8-10-22(21)19-23/h8-13,18-19H,4-7,14-17H2,1-3H3,(H,26,29)(H,27,28). The van der Waals surface area contributed by atoms with E-state index in [9.17, 15) is 9.59 Å². The first kappa shape index (κ1) is 28.3. The van der Waals surface area contributed by atoms with Crippen molar-refractivity contribution < 1.29 is 37.4 Å². The van der Waals surface area contributed by atoms with E-state index in [1.807, 2.05) is 57.2 Å². The van der Waals surface area contributed by atoms with Crippen molar-refractivity contribution in [2.75, 3.05) is 39.6 Å². The Morgan fingerprint density at radius 1 is 0.943 bits per heavy atom. The van der Waals surface area contributed by atoms with Crippen LogP contribution in [-0.2, 0) is 22.8 Å². The van der Waals surface area contributed by atoms with Crippen LogP contribution in [0.3, 0.4) is 0 Å². The number of carbonyl (C=O) groups is 2. The van der Waals surface area contributed by atoms with Gasteiger partial charge in [0, 0.05) is 38.5 Å². The highest BCUT2D eigenvalue weighted by molar-refractivity contribution is 6.60. The van der Waals surface area contributed by atoms with Crippen molar-refractivity contribution in [3.8, 4) is 5.75 Å². The zero-order valence-corrected chi connectivity index (χ0v) is 21.6. The summed E-state index contributed by atoms with van der Waals surface area (Å²) < 4.78 is 28.3. The van der Waals surface area contributed by atoms with Gasteiger partial charge in [0.25, 0.3) is 0 Å². The second kappa shape index (κ2) is 15.2. The molecule has 0 atom stereocenters. The summed E-state index contributed by atoms with van der Waals surface area (Å²) in [7, 11) is -2.71. The van der Waals surface area contributed by atoms with Gasteiger partial charge < -0.3 is 33.2 Å². The van der Waals surface area contributed by atoms with Gasteiger partial charge in [-0.15, -0.1) is 0 Å². The number of carboxylic acids is 1. The topological polar surface area (TPSA) is 113 Å². The fourth-order valence-electron chi connectivity index (χ4n) is 3.44. The summed E-state index contributed by atoms with van der Waals surface area (Å²) >= 11 is 0. The molecule has 0 saturated carbocycles. The highest BCUT2D eigenvalue weighted by atomic mass is 28.4. The van der Waals surface area contributed by atoms with E-state index in [-0.39, 0.29) is 13.2 Å². The molecule has 10 heteroatoms. The zero-order chi connectivity index (χ0) is 25.5. The van der Waals surface area contributed by atoms with Crippen LogP contribution < -0.4 is 10.1 Å². The van der Waals surface area contributed by atoms with Gasteiger partial charge in [-0.3, -0.25) is 0 Å². The number of carbonyl (C=O) groups excluding carboxylic acids is 1. The number of ether oxygens (including phenoxy) is 2. The Kier molecular flexibility index (Phi) is 12.3. The molecule has 2 N–H and O–H groups in total. The van der Waals surface area contributed by atoms with Crippen molar-refractivity contribution in [3.63, 3.8) is 0 Å². The minimum absolute atomic E-state index is 0.109. The van der Waals surface area contributed by atoms with Crippen molar-refractivity contribution >= 4 is 37.7 Å². The van der Waals surface area contributed by atoms with E-state index in [0.717, 1.165) is 22.4 Å². The molecule has 1 amide bonds. The van der Waals surface area contributed by atoms with Crippen molar-refractivity contribution in [2.24, 2.45) is 0 Å². The molecule has 0 heterocycles. The van der Waals surface area contributed by atoms with E-state index in [1.165, 1.54) is 0 Å². The summed E-state index contributed by atoms with van der Waals surface area (Å²) in [6.07, 6.45) is 2.80. The lowest BCUT2D eigenvalue weighted by Gasteiger charge is -2.28. The van der Waals surface area contributed by atoms with Crippen LogP contribution in [0.1, 0.15) is 32.8 Å². The number of hydrogen-bond acceptors (Lipinski definition) is 7. The second-order valence-electron chi connectivity index (χ2n) is 7.44. The molecule has 2 aromatic rings. The van der Waals surface area contributed by atoms with Gasteiger partial charge in [0.1, 0.15) is 19.0 Å². The number of alkyl carbamates (subject to hydrolysis) is 1. The monoisotopic (exact) mass is 505 g/mol. The minimum Gasteiger partial charge on any atom is -0.490 e. The van der Waals surface area contributed by atoms with Crippen molar-refractivity contribution in [1.82, 2.24) is 5.32 Å². The molecular weight excluding hydrogens is 470 g/mol. The Hall–Kier alpha value is -2.92. The Morgan fingerprint density at radius 2 is 1.60 bits per heavy atom. The van der Waals surface area contributed by atoms with Crippen LogP contribution in [-0.4, -0.2) is 65.6 Å². The zero-order valence-electron chi connectivity index (χ0n) is 20.6. The lowest BCUT2D eigenvalue weighted by atomic mass is 10.1. The predicted molar refractivity (Wildman–Crippen MR) is 136 cm³/mol. The largest absolute Gasteiger partial charge is 0.500 e. The van der Waals surface area contributed by atoms with Crippen LogP contribution in [0.25, 0.3) is 16.8 Å². The van der Waals surface area contributed by atoms with E-state index < -0.39 is 20.9 Å². The molecule has 35 heavy (non-hydrogen) atoms. The highest BCUT2D eigenvalue weighted by Gasteiger charge is 2.39. The highest BCUT2D eigenvalue weighted by Crippen LogP contribution is 2.23. The lowest BCUT2D eigenvalue weighted by molar-refractivity contribution is -0.131. The summed E-state index contributed by atoms with van der Waals surface area (Å²) in [6.45, 7) is 8.04. The molecule has 0 unspecified atom stereocenters. The van der Waals surface area contributed by atoms with Crippen molar-refractivity contribution in [3.05, 3.63) is 48.0 Å². The van der Waals surface area contributed by atoms with Gasteiger partial charge in [0.05, 0.1) is 0 Å². The molecule has 0 spiro atoms. The maximum atomic E-state index is 11.9. The molecule has 0 saturated heterocycles. The number of carboxylic acid groups (broad SMARTS) is 1. The quantitative estimate of drug-likeness (QED) is 0.195. The van der Waals surface area contributed by atoms with Gasteiger partial charge in [-0.2, -0.15) is 0 Å².